The third-order valence-electron chi connectivity index (χ3n) is 5.70. The number of piperidine rings is 1. The molecule has 1 N–H and O–H groups in total. The van der Waals surface area contributed by atoms with E-state index < -0.39 is 10.0 Å². The predicted octanol–water partition coefficient (Wildman–Crippen LogP) is 2.63. The van der Waals surface area contributed by atoms with Gasteiger partial charge < -0.3 is 5.32 Å². The molecular weight excluding hydrogens is 428 g/mol. The third kappa shape index (κ3) is 4.42. The Morgan fingerprint density at radius 3 is 2.34 bits per heavy atom. The Balaban J connectivity index is 1.38. The summed E-state index contributed by atoms with van der Waals surface area (Å²) in [7, 11) is -3.60. The number of amides is 1. The lowest BCUT2D eigenvalue weighted by Crippen LogP contribution is -2.41. The van der Waals surface area contributed by atoms with E-state index in [1.54, 1.807) is 24.7 Å². The van der Waals surface area contributed by atoms with Gasteiger partial charge >= 0.3 is 0 Å². The van der Waals surface area contributed by atoms with Gasteiger partial charge in [0.1, 0.15) is 12.7 Å². The van der Waals surface area contributed by atoms with E-state index in [0.29, 0.717) is 42.3 Å². The number of sulfonamides is 1. The molecule has 168 valence electrons. The van der Waals surface area contributed by atoms with Gasteiger partial charge in [-0.1, -0.05) is 17.7 Å². The summed E-state index contributed by atoms with van der Waals surface area (Å²) in [4.78, 5) is 21.3. The fourth-order valence-corrected chi connectivity index (χ4v) is 6.11. The summed E-state index contributed by atoms with van der Waals surface area (Å²) in [5, 5.41) is 6.90. The van der Waals surface area contributed by atoms with Gasteiger partial charge in [-0.15, -0.1) is 0 Å². The smallest absolute Gasteiger partial charge is 0.243 e. The van der Waals surface area contributed by atoms with E-state index >= 15 is 0 Å². The Kier molecular flexibility index (Phi) is 6.07. The Bertz CT molecular complexity index is 1190. The molecule has 1 aliphatic heterocycles. The Labute approximate surface area is 187 Å². The fourth-order valence-electron chi connectivity index (χ4n) is 4.23. The van der Waals surface area contributed by atoms with Crippen LogP contribution in [0.3, 0.4) is 0 Å². The minimum Gasteiger partial charge on any atom is -0.324 e. The maximum absolute atomic E-state index is 13.2. The van der Waals surface area contributed by atoms with E-state index in [-0.39, 0.29) is 11.8 Å². The highest BCUT2D eigenvalue weighted by Crippen LogP contribution is 2.29. The molecule has 0 saturated carbocycles. The van der Waals surface area contributed by atoms with Gasteiger partial charge in [0, 0.05) is 19.0 Å². The van der Waals surface area contributed by atoms with Crippen molar-refractivity contribution in [3.05, 3.63) is 59.8 Å². The van der Waals surface area contributed by atoms with Crippen molar-refractivity contribution in [3.8, 4) is 5.82 Å². The van der Waals surface area contributed by atoms with E-state index in [1.807, 2.05) is 32.9 Å². The van der Waals surface area contributed by atoms with Crippen LogP contribution in [0.2, 0.25) is 0 Å². The van der Waals surface area contributed by atoms with E-state index in [2.05, 4.69) is 20.4 Å². The van der Waals surface area contributed by atoms with Crippen molar-refractivity contribution in [3.63, 3.8) is 0 Å². The highest BCUT2D eigenvalue weighted by atomic mass is 32.2. The Hall–Kier alpha value is -3.11. The number of nitrogens with one attached hydrogen (secondary N) is 1. The molecule has 0 radical (unpaired) electrons. The van der Waals surface area contributed by atoms with E-state index in [1.165, 1.54) is 15.3 Å². The van der Waals surface area contributed by atoms with Crippen LogP contribution < -0.4 is 5.32 Å². The van der Waals surface area contributed by atoms with Crippen LogP contribution in [-0.4, -0.2) is 51.5 Å². The topological polar surface area (TPSA) is 110 Å². The third-order valence-corrected chi connectivity index (χ3v) is 7.90. The lowest BCUT2D eigenvalue weighted by molar-refractivity contribution is -0.120. The van der Waals surface area contributed by atoms with Crippen molar-refractivity contribution in [2.24, 2.45) is 5.92 Å². The van der Waals surface area contributed by atoms with Crippen LogP contribution >= 0.6 is 0 Å². The molecule has 3 aromatic rings. The molecule has 1 fully saturated rings. The zero-order valence-electron chi connectivity index (χ0n) is 18.3. The Morgan fingerprint density at radius 2 is 1.78 bits per heavy atom. The van der Waals surface area contributed by atoms with Crippen molar-refractivity contribution in [1.82, 2.24) is 24.1 Å². The van der Waals surface area contributed by atoms with Gasteiger partial charge in [0.05, 0.1) is 16.8 Å². The quantitative estimate of drug-likeness (QED) is 0.635. The van der Waals surface area contributed by atoms with Gasteiger partial charge in [-0.25, -0.2) is 23.1 Å². The number of rotatable bonds is 5. The highest BCUT2D eigenvalue weighted by Gasteiger charge is 2.33. The molecule has 1 aliphatic rings. The van der Waals surface area contributed by atoms with Crippen molar-refractivity contribution in [1.29, 1.82) is 0 Å². The van der Waals surface area contributed by atoms with Crippen molar-refractivity contribution in [2.45, 2.75) is 38.5 Å². The molecule has 9 nitrogen and oxygen atoms in total. The molecule has 3 heterocycles. The molecule has 10 heteroatoms. The van der Waals surface area contributed by atoms with Gasteiger partial charge in [-0.2, -0.15) is 9.40 Å². The number of nitrogens with zero attached hydrogens (tertiary/aromatic N) is 5. The van der Waals surface area contributed by atoms with Gasteiger partial charge in [0.2, 0.25) is 15.9 Å². The van der Waals surface area contributed by atoms with Crippen LogP contribution in [0, 0.1) is 26.7 Å². The van der Waals surface area contributed by atoms with Crippen LogP contribution in [0.1, 0.15) is 29.5 Å². The number of anilines is 1. The second-order valence-electron chi connectivity index (χ2n) is 8.14. The molecule has 0 atom stereocenters. The lowest BCUT2D eigenvalue weighted by atomic mass is 9.97. The largest absolute Gasteiger partial charge is 0.324 e. The zero-order valence-corrected chi connectivity index (χ0v) is 19.1. The molecule has 1 aromatic carbocycles. The second-order valence-corrected chi connectivity index (χ2v) is 10.0. The summed E-state index contributed by atoms with van der Waals surface area (Å²) in [6.07, 6.45) is 5.48. The molecule has 1 saturated heterocycles. The molecule has 0 aliphatic carbocycles. The first-order chi connectivity index (χ1) is 15.3. The molecule has 1 amide bonds. The molecule has 4 rings (SSSR count). The number of aromatic nitrogens is 4. The monoisotopic (exact) mass is 454 g/mol. The molecule has 0 unspecified atom stereocenters. The Morgan fingerprint density at radius 1 is 1.09 bits per heavy atom. The minimum absolute atomic E-state index is 0.125. The van der Waals surface area contributed by atoms with Crippen molar-refractivity contribution < 1.29 is 13.2 Å². The summed E-state index contributed by atoms with van der Waals surface area (Å²) in [6, 6.07) is 7.28. The zero-order chi connectivity index (χ0) is 22.9. The molecule has 0 bridgehead atoms. The van der Waals surface area contributed by atoms with Gasteiger partial charge in [0.15, 0.2) is 5.82 Å². The van der Waals surface area contributed by atoms with Crippen LogP contribution in [0.15, 0.2) is 48.0 Å². The molecular formula is C22H26N6O3S. The normalized spacial score (nSPS) is 15.6. The molecule has 0 spiro atoms. The standard InChI is InChI=1S/C22H26N6O3S/c1-15-10-16(2)21(17(3)11-15)32(30,31)27-8-6-18(7-9-27)22(29)26-19-4-5-20(24-12-19)28-14-23-13-25-28/h4-5,10-14,18H,6-9H2,1-3H3,(H,26,29). The lowest BCUT2D eigenvalue weighted by Gasteiger charge is -2.31. The molecule has 32 heavy (non-hydrogen) atoms. The summed E-state index contributed by atoms with van der Waals surface area (Å²) in [6.45, 7) is 6.25. The number of carbonyl (C=O) groups excluding carboxylic acids is 1. The average Bonchev–Trinajstić information content (AvgIpc) is 3.28. The van der Waals surface area contributed by atoms with Crippen molar-refractivity contribution >= 4 is 21.6 Å². The number of pyridine rings is 1. The maximum atomic E-state index is 13.2. The van der Waals surface area contributed by atoms with E-state index in [9.17, 15) is 13.2 Å². The van der Waals surface area contributed by atoms with Crippen LogP contribution in [0.25, 0.3) is 5.82 Å². The fraction of sp³-hybridized carbons (Fsp3) is 0.364. The summed E-state index contributed by atoms with van der Waals surface area (Å²) in [5.41, 5.74) is 3.13. The van der Waals surface area contributed by atoms with Gasteiger partial charge in [0.25, 0.3) is 0 Å². The number of aryl methyl sites for hydroxylation is 3. The second kappa shape index (κ2) is 8.79. The van der Waals surface area contributed by atoms with E-state index in [0.717, 1.165) is 16.7 Å². The SMILES string of the molecule is Cc1cc(C)c(S(=O)(=O)N2CCC(C(=O)Nc3ccc(-n4cncn4)nc3)CC2)c(C)c1. The number of benzene rings is 1. The number of carbonyl (C=O) groups is 1. The maximum Gasteiger partial charge on any atom is 0.243 e. The van der Waals surface area contributed by atoms with Crippen LogP contribution in [-0.2, 0) is 14.8 Å². The first-order valence-electron chi connectivity index (χ1n) is 10.5. The highest BCUT2D eigenvalue weighted by molar-refractivity contribution is 7.89. The van der Waals surface area contributed by atoms with Crippen LogP contribution in [0.4, 0.5) is 5.69 Å². The summed E-state index contributed by atoms with van der Waals surface area (Å²) >= 11 is 0. The van der Waals surface area contributed by atoms with Crippen LogP contribution in [0.5, 0.6) is 0 Å². The van der Waals surface area contributed by atoms with Gasteiger partial charge in [-0.05, 0) is 56.9 Å². The summed E-state index contributed by atoms with van der Waals surface area (Å²) < 4.78 is 29.5. The average molecular weight is 455 g/mol. The number of hydrogen-bond donors (Lipinski definition) is 1. The summed E-state index contributed by atoms with van der Waals surface area (Å²) in [5.74, 6) is 0.220. The molecule has 2 aromatic heterocycles. The van der Waals surface area contributed by atoms with Crippen molar-refractivity contribution in [2.75, 3.05) is 18.4 Å². The predicted molar refractivity (Wildman–Crippen MR) is 120 cm³/mol. The van der Waals surface area contributed by atoms with Gasteiger partial charge in [-0.3, -0.25) is 4.79 Å². The first kappa shape index (κ1) is 22.1. The van der Waals surface area contributed by atoms with E-state index in [4.69, 9.17) is 0 Å². The number of hydrogen-bond acceptors (Lipinski definition) is 6. The minimum atomic E-state index is -3.60. The first-order valence-corrected chi connectivity index (χ1v) is 11.9.